The number of esters is 1. The van der Waals surface area contributed by atoms with Gasteiger partial charge < -0.3 is 9.47 Å². The first kappa shape index (κ1) is 13.5. The zero-order valence-corrected chi connectivity index (χ0v) is 12.0. The highest BCUT2D eigenvalue weighted by molar-refractivity contribution is 9.10. The predicted octanol–water partition coefficient (Wildman–Crippen LogP) is 2.70. The van der Waals surface area contributed by atoms with Gasteiger partial charge in [-0.1, -0.05) is 0 Å². The molecule has 0 N–H and O–H groups in total. The van der Waals surface area contributed by atoms with Gasteiger partial charge >= 0.3 is 5.97 Å². The largest absolute Gasteiger partial charge is 0.496 e. The lowest BCUT2D eigenvalue weighted by Crippen LogP contribution is -2.07. The van der Waals surface area contributed by atoms with Crippen molar-refractivity contribution in [2.45, 2.75) is 0 Å². The molecule has 0 aliphatic carbocycles. The number of hydrogen-bond donors (Lipinski definition) is 0. The van der Waals surface area contributed by atoms with Crippen LogP contribution in [0, 0.1) is 0 Å². The summed E-state index contributed by atoms with van der Waals surface area (Å²) in [6.45, 7) is 0. The van der Waals surface area contributed by atoms with E-state index in [4.69, 9.17) is 4.74 Å². The van der Waals surface area contributed by atoms with Gasteiger partial charge in [0.25, 0.3) is 0 Å². The van der Waals surface area contributed by atoms with Crippen molar-refractivity contribution in [3.63, 3.8) is 0 Å². The zero-order valence-electron chi connectivity index (χ0n) is 10.4. The van der Waals surface area contributed by atoms with E-state index in [2.05, 4.69) is 30.6 Å². The number of nitrogens with zero attached hydrogens (tertiary/aromatic N) is 2. The maximum absolute atomic E-state index is 11.4. The Kier molecular flexibility index (Phi) is 4.11. The molecule has 0 radical (unpaired) electrons. The molecule has 0 saturated carbocycles. The summed E-state index contributed by atoms with van der Waals surface area (Å²) in [6.07, 6.45) is 1.52. The molecule has 0 aliphatic rings. The Balaban J connectivity index is 2.41. The Labute approximate surface area is 118 Å². The molecule has 19 heavy (non-hydrogen) atoms. The average Bonchev–Trinajstić information content (AvgIpc) is 2.46. The highest BCUT2D eigenvalue weighted by Crippen LogP contribution is 2.29. The Morgan fingerprint density at radius 1 is 1.26 bits per heavy atom. The molecule has 0 fully saturated rings. The molecule has 0 spiro atoms. The van der Waals surface area contributed by atoms with Gasteiger partial charge in [0, 0.05) is 11.8 Å². The number of carbonyl (C=O) groups excluding carboxylic acids is 1. The van der Waals surface area contributed by atoms with Crippen LogP contribution in [0.1, 0.15) is 10.6 Å². The lowest BCUT2D eigenvalue weighted by Gasteiger charge is -2.06. The molecule has 2 rings (SSSR count). The molecule has 0 atom stereocenters. The zero-order chi connectivity index (χ0) is 13.8. The van der Waals surface area contributed by atoms with Crippen LogP contribution in [0.3, 0.4) is 0 Å². The Morgan fingerprint density at radius 2 is 2.05 bits per heavy atom. The summed E-state index contributed by atoms with van der Waals surface area (Å²) in [5, 5.41) is 0. The molecular weight excluding hydrogens is 312 g/mol. The fourth-order valence-electron chi connectivity index (χ4n) is 1.53. The van der Waals surface area contributed by atoms with Crippen LogP contribution in [0.5, 0.6) is 5.75 Å². The van der Waals surface area contributed by atoms with Crippen molar-refractivity contribution < 1.29 is 14.3 Å². The molecule has 0 unspecified atom stereocenters. The number of ether oxygens (including phenoxy) is 2. The second kappa shape index (κ2) is 5.79. The summed E-state index contributed by atoms with van der Waals surface area (Å²) in [5.41, 5.74) is 1.49. The van der Waals surface area contributed by atoms with Crippen molar-refractivity contribution in [3.8, 4) is 17.0 Å². The van der Waals surface area contributed by atoms with Crippen molar-refractivity contribution in [3.05, 3.63) is 40.8 Å². The van der Waals surface area contributed by atoms with Crippen LogP contribution in [-0.2, 0) is 4.74 Å². The van der Waals surface area contributed by atoms with Crippen LogP contribution in [-0.4, -0.2) is 30.2 Å². The van der Waals surface area contributed by atoms with Crippen molar-refractivity contribution in [1.82, 2.24) is 9.97 Å². The highest BCUT2D eigenvalue weighted by Gasteiger charge is 2.11. The van der Waals surface area contributed by atoms with Crippen molar-refractivity contribution in [2.75, 3.05) is 14.2 Å². The maximum atomic E-state index is 11.4. The SMILES string of the molecule is COC(=O)c1nccc(-c2ccc(OC)c(Br)c2)n1. The van der Waals surface area contributed by atoms with Crippen LogP contribution >= 0.6 is 15.9 Å². The van der Waals surface area contributed by atoms with E-state index in [9.17, 15) is 4.79 Å². The van der Waals surface area contributed by atoms with E-state index in [0.29, 0.717) is 5.69 Å². The number of hydrogen-bond acceptors (Lipinski definition) is 5. The fraction of sp³-hybridized carbons (Fsp3) is 0.154. The van der Waals surface area contributed by atoms with Crippen molar-refractivity contribution >= 4 is 21.9 Å². The minimum absolute atomic E-state index is 0.0342. The molecule has 5 nitrogen and oxygen atoms in total. The molecule has 0 bridgehead atoms. The smallest absolute Gasteiger partial charge is 0.376 e. The molecule has 6 heteroatoms. The summed E-state index contributed by atoms with van der Waals surface area (Å²) in [7, 11) is 2.89. The molecule has 1 aromatic carbocycles. The third-order valence-corrected chi connectivity index (χ3v) is 3.09. The lowest BCUT2D eigenvalue weighted by atomic mass is 10.1. The van der Waals surface area contributed by atoms with Crippen molar-refractivity contribution in [1.29, 1.82) is 0 Å². The number of carbonyl (C=O) groups is 1. The molecule has 2 aromatic rings. The summed E-state index contributed by atoms with van der Waals surface area (Å²) >= 11 is 3.41. The lowest BCUT2D eigenvalue weighted by molar-refractivity contribution is 0.0587. The number of aromatic nitrogens is 2. The molecular formula is C13H11BrN2O3. The first-order valence-corrected chi connectivity index (χ1v) is 6.20. The van der Waals surface area contributed by atoms with Crippen LogP contribution in [0.4, 0.5) is 0 Å². The third-order valence-electron chi connectivity index (χ3n) is 2.47. The topological polar surface area (TPSA) is 61.3 Å². The van der Waals surface area contributed by atoms with Gasteiger partial charge in [0.2, 0.25) is 5.82 Å². The number of halogens is 1. The summed E-state index contributed by atoms with van der Waals surface area (Å²) in [5.74, 6) is 0.201. The van der Waals surface area contributed by atoms with Gasteiger partial charge in [0.15, 0.2) is 0 Å². The van der Waals surface area contributed by atoms with Crippen LogP contribution in [0.15, 0.2) is 34.9 Å². The monoisotopic (exact) mass is 322 g/mol. The van der Waals surface area contributed by atoms with Crippen LogP contribution in [0.2, 0.25) is 0 Å². The Morgan fingerprint density at radius 3 is 2.68 bits per heavy atom. The van der Waals surface area contributed by atoms with Crippen LogP contribution < -0.4 is 4.74 Å². The fourth-order valence-corrected chi connectivity index (χ4v) is 2.08. The Hall–Kier alpha value is -1.95. The normalized spacial score (nSPS) is 10.1. The first-order valence-electron chi connectivity index (χ1n) is 5.41. The molecule has 0 saturated heterocycles. The predicted molar refractivity (Wildman–Crippen MR) is 73.1 cm³/mol. The number of benzene rings is 1. The van der Waals surface area contributed by atoms with Gasteiger partial charge in [-0.15, -0.1) is 0 Å². The van der Waals surface area contributed by atoms with Crippen LogP contribution in [0.25, 0.3) is 11.3 Å². The minimum atomic E-state index is -0.561. The first-order chi connectivity index (χ1) is 9.15. The second-order valence-electron chi connectivity index (χ2n) is 3.61. The van der Waals surface area contributed by atoms with E-state index in [0.717, 1.165) is 15.8 Å². The van der Waals surface area contributed by atoms with Gasteiger partial charge in [-0.3, -0.25) is 0 Å². The highest BCUT2D eigenvalue weighted by atomic mass is 79.9. The number of methoxy groups -OCH3 is 2. The van der Waals surface area contributed by atoms with E-state index in [1.807, 2.05) is 18.2 Å². The van der Waals surface area contributed by atoms with Gasteiger partial charge in [-0.05, 0) is 40.2 Å². The summed E-state index contributed by atoms with van der Waals surface area (Å²) < 4.78 is 10.6. The van der Waals surface area contributed by atoms with Crippen molar-refractivity contribution in [2.24, 2.45) is 0 Å². The summed E-state index contributed by atoms with van der Waals surface area (Å²) in [4.78, 5) is 19.4. The standard InChI is InChI=1S/C13H11BrN2O3/c1-18-11-4-3-8(7-9(11)14)10-5-6-15-12(16-10)13(17)19-2/h3-7H,1-2H3. The average molecular weight is 323 g/mol. The Bertz CT molecular complexity index is 617. The van der Waals surface area contributed by atoms with E-state index in [1.165, 1.54) is 13.3 Å². The van der Waals surface area contributed by atoms with Gasteiger partial charge in [-0.25, -0.2) is 14.8 Å². The minimum Gasteiger partial charge on any atom is -0.496 e. The van der Waals surface area contributed by atoms with E-state index < -0.39 is 5.97 Å². The molecule has 98 valence electrons. The van der Waals surface area contributed by atoms with Gasteiger partial charge in [0.05, 0.1) is 24.4 Å². The van der Waals surface area contributed by atoms with E-state index in [1.54, 1.807) is 13.2 Å². The molecule has 1 heterocycles. The quantitative estimate of drug-likeness (QED) is 0.813. The number of rotatable bonds is 3. The third kappa shape index (κ3) is 2.90. The summed E-state index contributed by atoms with van der Waals surface area (Å²) in [6, 6.07) is 7.26. The second-order valence-corrected chi connectivity index (χ2v) is 4.46. The molecule has 1 aromatic heterocycles. The maximum Gasteiger partial charge on any atom is 0.376 e. The van der Waals surface area contributed by atoms with E-state index >= 15 is 0 Å². The molecule has 0 amide bonds. The van der Waals surface area contributed by atoms with Gasteiger partial charge in [-0.2, -0.15) is 0 Å². The van der Waals surface area contributed by atoms with E-state index in [-0.39, 0.29) is 5.82 Å². The molecule has 0 aliphatic heterocycles. The van der Waals surface area contributed by atoms with Gasteiger partial charge in [0.1, 0.15) is 5.75 Å².